The summed E-state index contributed by atoms with van der Waals surface area (Å²) in [6, 6.07) is 9.75. The van der Waals surface area contributed by atoms with Gasteiger partial charge in [0.1, 0.15) is 30.8 Å². The molecule has 110 valence electrons. The summed E-state index contributed by atoms with van der Waals surface area (Å²) in [7, 11) is 0. The van der Waals surface area contributed by atoms with Crippen molar-refractivity contribution in [2.24, 2.45) is 0 Å². The second-order valence-corrected chi connectivity index (χ2v) is 5.02. The Morgan fingerprint density at radius 2 is 1.82 bits per heavy atom. The SMILES string of the molecule is O=C(c1ccc2c(c1)OCCO2)c1coc2ccc(O)cc12. The molecule has 1 aliphatic rings. The highest BCUT2D eigenvalue weighted by Gasteiger charge is 2.19. The molecule has 5 nitrogen and oxygen atoms in total. The van der Waals surface area contributed by atoms with E-state index in [0.29, 0.717) is 46.8 Å². The van der Waals surface area contributed by atoms with Crippen LogP contribution < -0.4 is 9.47 Å². The Kier molecular flexibility index (Phi) is 2.79. The Balaban J connectivity index is 1.78. The van der Waals surface area contributed by atoms with Crippen LogP contribution in [0.25, 0.3) is 11.0 Å². The topological polar surface area (TPSA) is 68.9 Å². The number of benzene rings is 2. The average Bonchev–Trinajstić information content (AvgIpc) is 2.96. The molecule has 0 atom stereocenters. The highest BCUT2D eigenvalue weighted by Crippen LogP contribution is 2.33. The Morgan fingerprint density at radius 1 is 1.00 bits per heavy atom. The van der Waals surface area contributed by atoms with Gasteiger partial charge in [-0.05, 0) is 36.4 Å². The molecule has 1 N–H and O–H groups in total. The molecule has 5 heteroatoms. The molecule has 2 heterocycles. The van der Waals surface area contributed by atoms with Crippen LogP contribution in [-0.2, 0) is 0 Å². The summed E-state index contributed by atoms with van der Waals surface area (Å²) in [5.74, 6) is 1.09. The first kappa shape index (κ1) is 12.8. The molecule has 0 spiro atoms. The summed E-state index contributed by atoms with van der Waals surface area (Å²) in [6.45, 7) is 0.971. The van der Waals surface area contributed by atoms with E-state index < -0.39 is 0 Å². The molecular formula is C17H12O5. The van der Waals surface area contributed by atoms with Gasteiger partial charge in [-0.15, -0.1) is 0 Å². The fraction of sp³-hybridized carbons (Fsp3) is 0.118. The largest absolute Gasteiger partial charge is 0.508 e. The standard InChI is InChI=1S/C17H12O5/c18-11-2-4-14-12(8-11)13(9-22-14)17(19)10-1-3-15-16(7-10)21-6-5-20-15/h1-4,7-9,18H,5-6H2. The van der Waals surface area contributed by atoms with Crippen LogP contribution >= 0.6 is 0 Å². The summed E-state index contributed by atoms with van der Waals surface area (Å²) >= 11 is 0. The van der Waals surface area contributed by atoms with Crippen LogP contribution in [0.2, 0.25) is 0 Å². The Hall–Kier alpha value is -2.95. The number of phenolic OH excluding ortho intramolecular Hbond substituents is 1. The molecule has 0 amide bonds. The number of carbonyl (C=O) groups is 1. The molecule has 22 heavy (non-hydrogen) atoms. The molecule has 2 aromatic carbocycles. The van der Waals surface area contributed by atoms with E-state index in [-0.39, 0.29) is 11.5 Å². The second kappa shape index (κ2) is 4.80. The number of hydrogen-bond acceptors (Lipinski definition) is 5. The summed E-state index contributed by atoms with van der Waals surface area (Å²) in [5, 5.41) is 10.2. The molecule has 0 unspecified atom stereocenters. The molecule has 0 radical (unpaired) electrons. The zero-order valence-corrected chi connectivity index (χ0v) is 11.5. The molecule has 0 bridgehead atoms. The van der Waals surface area contributed by atoms with E-state index >= 15 is 0 Å². The molecule has 4 rings (SSSR count). The fourth-order valence-electron chi connectivity index (χ4n) is 2.53. The predicted octanol–water partition coefficient (Wildman–Crippen LogP) is 3.14. The van der Waals surface area contributed by atoms with Gasteiger partial charge in [-0.1, -0.05) is 0 Å². The zero-order chi connectivity index (χ0) is 15.1. The second-order valence-electron chi connectivity index (χ2n) is 5.02. The lowest BCUT2D eigenvalue weighted by molar-refractivity contribution is 0.103. The van der Waals surface area contributed by atoms with Crippen molar-refractivity contribution < 1.29 is 23.8 Å². The first-order valence-corrected chi connectivity index (χ1v) is 6.87. The van der Waals surface area contributed by atoms with Gasteiger partial charge < -0.3 is 19.0 Å². The summed E-state index contributed by atoms with van der Waals surface area (Å²) in [4.78, 5) is 12.7. The maximum Gasteiger partial charge on any atom is 0.197 e. The van der Waals surface area contributed by atoms with Crippen molar-refractivity contribution in [2.75, 3.05) is 13.2 Å². The first-order valence-electron chi connectivity index (χ1n) is 6.87. The van der Waals surface area contributed by atoms with Crippen molar-refractivity contribution >= 4 is 16.8 Å². The zero-order valence-electron chi connectivity index (χ0n) is 11.5. The third kappa shape index (κ3) is 1.98. The molecule has 0 saturated heterocycles. The number of furan rings is 1. The Morgan fingerprint density at radius 3 is 2.68 bits per heavy atom. The minimum Gasteiger partial charge on any atom is -0.508 e. The Bertz CT molecular complexity index is 878. The van der Waals surface area contributed by atoms with Crippen molar-refractivity contribution in [3.8, 4) is 17.2 Å². The maximum atomic E-state index is 12.7. The molecule has 1 aliphatic heterocycles. The maximum absolute atomic E-state index is 12.7. The van der Waals surface area contributed by atoms with E-state index in [9.17, 15) is 9.90 Å². The molecule has 0 saturated carbocycles. The lowest BCUT2D eigenvalue weighted by Gasteiger charge is -2.18. The number of aromatic hydroxyl groups is 1. The molecule has 1 aromatic heterocycles. The van der Waals surface area contributed by atoms with Crippen LogP contribution in [0.3, 0.4) is 0 Å². The van der Waals surface area contributed by atoms with Crippen molar-refractivity contribution in [3.05, 3.63) is 53.8 Å². The quantitative estimate of drug-likeness (QED) is 0.736. The van der Waals surface area contributed by atoms with Crippen molar-refractivity contribution in [3.63, 3.8) is 0 Å². The van der Waals surface area contributed by atoms with Gasteiger partial charge in [-0.2, -0.15) is 0 Å². The summed E-state index contributed by atoms with van der Waals surface area (Å²) in [5.41, 5.74) is 1.44. The van der Waals surface area contributed by atoms with E-state index in [2.05, 4.69) is 0 Å². The van der Waals surface area contributed by atoms with E-state index in [0.717, 1.165) is 0 Å². The van der Waals surface area contributed by atoms with Crippen molar-refractivity contribution in [1.82, 2.24) is 0 Å². The minimum atomic E-state index is -0.193. The van der Waals surface area contributed by atoms with E-state index in [4.69, 9.17) is 13.9 Å². The first-order chi connectivity index (χ1) is 10.7. The monoisotopic (exact) mass is 296 g/mol. The van der Waals surface area contributed by atoms with Crippen LogP contribution in [0, 0.1) is 0 Å². The van der Waals surface area contributed by atoms with Crippen LogP contribution in [0.15, 0.2) is 47.1 Å². The van der Waals surface area contributed by atoms with E-state index in [1.54, 1.807) is 24.3 Å². The molecule has 3 aromatic rings. The lowest BCUT2D eigenvalue weighted by Crippen LogP contribution is -2.15. The number of ketones is 1. The smallest absolute Gasteiger partial charge is 0.197 e. The number of fused-ring (bicyclic) bond motifs is 2. The van der Waals surface area contributed by atoms with Crippen LogP contribution in [0.5, 0.6) is 17.2 Å². The lowest BCUT2D eigenvalue weighted by atomic mass is 10.0. The molecule has 0 fully saturated rings. The summed E-state index contributed by atoms with van der Waals surface area (Å²) < 4.78 is 16.3. The van der Waals surface area contributed by atoms with Gasteiger partial charge in [0.25, 0.3) is 0 Å². The van der Waals surface area contributed by atoms with Gasteiger partial charge in [0, 0.05) is 10.9 Å². The molecule has 0 aliphatic carbocycles. The summed E-state index contributed by atoms with van der Waals surface area (Å²) in [6.07, 6.45) is 1.41. The van der Waals surface area contributed by atoms with Crippen molar-refractivity contribution in [1.29, 1.82) is 0 Å². The van der Waals surface area contributed by atoms with E-state index in [1.165, 1.54) is 18.4 Å². The van der Waals surface area contributed by atoms with Crippen LogP contribution in [0.4, 0.5) is 0 Å². The molecular weight excluding hydrogens is 284 g/mol. The van der Waals surface area contributed by atoms with Crippen LogP contribution in [0.1, 0.15) is 15.9 Å². The van der Waals surface area contributed by atoms with Crippen molar-refractivity contribution in [2.45, 2.75) is 0 Å². The normalized spacial score (nSPS) is 13.3. The van der Waals surface area contributed by atoms with Gasteiger partial charge in [0.2, 0.25) is 0 Å². The van der Waals surface area contributed by atoms with Gasteiger partial charge in [0.05, 0.1) is 5.56 Å². The predicted molar refractivity (Wildman–Crippen MR) is 78.7 cm³/mol. The number of hydrogen-bond donors (Lipinski definition) is 1. The third-order valence-corrected chi connectivity index (χ3v) is 3.61. The van der Waals surface area contributed by atoms with Gasteiger partial charge in [0.15, 0.2) is 17.3 Å². The van der Waals surface area contributed by atoms with Gasteiger partial charge in [-0.3, -0.25) is 4.79 Å². The van der Waals surface area contributed by atoms with E-state index in [1.807, 2.05) is 0 Å². The third-order valence-electron chi connectivity index (χ3n) is 3.61. The van der Waals surface area contributed by atoms with Gasteiger partial charge >= 0.3 is 0 Å². The number of carbonyl (C=O) groups excluding carboxylic acids is 1. The average molecular weight is 296 g/mol. The van der Waals surface area contributed by atoms with Crippen LogP contribution in [-0.4, -0.2) is 24.1 Å². The number of rotatable bonds is 2. The Labute approximate surface area is 125 Å². The highest BCUT2D eigenvalue weighted by molar-refractivity contribution is 6.16. The number of ether oxygens (including phenoxy) is 2. The number of phenols is 1. The minimum absolute atomic E-state index is 0.0881. The highest BCUT2D eigenvalue weighted by atomic mass is 16.6. The van der Waals surface area contributed by atoms with Gasteiger partial charge in [-0.25, -0.2) is 0 Å². The fourth-order valence-corrected chi connectivity index (χ4v) is 2.53.